The number of carbonyl (C=O) groups is 3. The van der Waals surface area contributed by atoms with Gasteiger partial charge in [-0.25, -0.2) is 0 Å². The summed E-state index contributed by atoms with van der Waals surface area (Å²) in [7, 11) is 1.75. The molecular weight excluding hydrogens is 312 g/mol. The molecule has 1 fully saturated rings. The molecule has 1 aliphatic heterocycles. The predicted octanol–water partition coefficient (Wildman–Crippen LogP) is 2.67. The number of amides is 3. The smallest absolute Gasteiger partial charge is 0.253 e. The van der Waals surface area contributed by atoms with Gasteiger partial charge in [-0.1, -0.05) is 0 Å². The average molecular weight is 328 g/mol. The van der Waals surface area contributed by atoms with Crippen LogP contribution in [0.3, 0.4) is 0 Å². The fraction of sp³-hybridized carbons (Fsp3) is 0.235. The molecule has 23 heavy (non-hydrogen) atoms. The maximum atomic E-state index is 12.4. The van der Waals surface area contributed by atoms with E-state index in [9.17, 15) is 14.4 Å². The van der Waals surface area contributed by atoms with Gasteiger partial charge >= 0.3 is 0 Å². The molecule has 0 saturated carbocycles. The summed E-state index contributed by atoms with van der Waals surface area (Å²) < 4.78 is 0. The van der Waals surface area contributed by atoms with Gasteiger partial charge in [0.2, 0.25) is 11.8 Å². The number of imide groups is 1. The van der Waals surface area contributed by atoms with Gasteiger partial charge in [0.25, 0.3) is 5.91 Å². The third-order valence-corrected chi connectivity index (χ3v) is 4.50. The normalized spacial score (nSPS) is 14.4. The minimum atomic E-state index is -0.191. The number of rotatable bonds is 4. The van der Waals surface area contributed by atoms with Gasteiger partial charge in [-0.05, 0) is 46.7 Å². The van der Waals surface area contributed by atoms with Crippen LogP contribution in [0.15, 0.2) is 41.1 Å². The van der Waals surface area contributed by atoms with Crippen LogP contribution in [-0.2, 0) is 16.1 Å². The molecule has 2 heterocycles. The number of hydrogen-bond donors (Lipinski definition) is 0. The average Bonchev–Trinajstić information content (AvgIpc) is 3.17. The van der Waals surface area contributed by atoms with Gasteiger partial charge in [0.1, 0.15) is 0 Å². The van der Waals surface area contributed by atoms with Crippen molar-refractivity contribution in [3.63, 3.8) is 0 Å². The van der Waals surface area contributed by atoms with E-state index in [1.165, 1.54) is 4.90 Å². The Bertz CT molecular complexity index is 722. The van der Waals surface area contributed by atoms with Crippen LogP contribution in [0.25, 0.3) is 0 Å². The van der Waals surface area contributed by atoms with Crippen LogP contribution in [0.1, 0.15) is 28.8 Å². The summed E-state index contributed by atoms with van der Waals surface area (Å²) in [5.74, 6) is -0.478. The van der Waals surface area contributed by atoms with E-state index in [-0.39, 0.29) is 30.6 Å². The number of carbonyl (C=O) groups excluding carboxylic acids is 3. The molecule has 0 spiro atoms. The van der Waals surface area contributed by atoms with E-state index in [1.54, 1.807) is 47.5 Å². The standard InChI is InChI=1S/C17H16N2O3S/c1-18(10-12-8-9-23-11-12)17(22)13-2-4-14(5-3-13)19-15(20)6-7-16(19)21/h2-5,8-9,11H,6-7,10H2,1H3. The van der Waals surface area contributed by atoms with E-state index >= 15 is 0 Å². The second-order valence-corrected chi connectivity index (χ2v) is 6.24. The highest BCUT2D eigenvalue weighted by Gasteiger charge is 2.30. The molecule has 1 aromatic heterocycles. The number of nitrogens with zero attached hydrogens (tertiary/aromatic N) is 2. The molecule has 118 valence electrons. The van der Waals surface area contributed by atoms with Gasteiger partial charge < -0.3 is 4.90 Å². The van der Waals surface area contributed by atoms with Crippen LogP contribution in [0.2, 0.25) is 0 Å². The Kier molecular flexibility index (Phi) is 4.25. The Morgan fingerprint density at radius 3 is 2.35 bits per heavy atom. The summed E-state index contributed by atoms with van der Waals surface area (Å²) in [6, 6.07) is 8.59. The van der Waals surface area contributed by atoms with Gasteiger partial charge in [0.05, 0.1) is 5.69 Å². The lowest BCUT2D eigenvalue weighted by Gasteiger charge is -2.18. The molecule has 1 aromatic carbocycles. The quantitative estimate of drug-likeness (QED) is 0.811. The first-order valence-corrected chi connectivity index (χ1v) is 8.23. The second kappa shape index (κ2) is 6.34. The molecule has 0 bridgehead atoms. The van der Waals surface area contributed by atoms with Crippen molar-refractivity contribution in [1.82, 2.24) is 4.90 Å². The largest absolute Gasteiger partial charge is 0.337 e. The first kappa shape index (κ1) is 15.4. The van der Waals surface area contributed by atoms with E-state index < -0.39 is 0 Å². The summed E-state index contributed by atoms with van der Waals surface area (Å²) in [5, 5.41) is 3.99. The molecule has 6 heteroatoms. The van der Waals surface area contributed by atoms with Gasteiger partial charge in [-0.3, -0.25) is 19.3 Å². The van der Waals surface area contributed by atoms with Crippen LogP contribution in [0.5, 0.6) is 0 Å². The number of thiophene rings is 1. The summed E-state index contributed by atoms with van der Waals surface area (Å²) >= 11 is 1.60. The van der Waals surface area contributed by atoms with Crippen molar-refractivity contribution in [2.75, 3.05) is 11.9 Å². The molecule has 5 nitrogen and oxygen atoms in total. The maximum absolute atomic E-state index is 12.4. The zero-order valence-electron chi connectivity index (χ0n) is 12.7. The van der Waals surface area contributed by atoms with Gasteiger partial charge in [-0.15, -0.1) is 0 Å². The zero-order valence-corrected chi connectivity index (χ0v) is 13.5. The third kappa shape index (κ3) is 3.17. The first-order chi connectivity index (χ1) is 11.1. The number of benzene rings is 1. The first-order valence-electron chi connectivity index (χ1n) is 7.28. The zero-order chi connectivity index (χ0) is 16.4. The number of hydrogen-bond acceptors (Lipinski definition) is 4. The molecular formula is C17H16N2O3S. The highest BCUT2D eigenvalue weighted by atomic mass is 32.1. The Balaban J connectivity index is 1.72. The lowest BCUT2D eigenvalue weighted by molar-refractivity contribution is -0.121. The summed E-state index contributed by atoms with van der Waals surface area (Å²) in [6.45, 7) is 0.549. The van der Waals surface area contributed by atoms with Crippen LogP contribution >= 0.6 is 11.3 Å². The van der Waals surface area contributed by atoms with E-state index in [0.717, 1.165) is 5.56 Å². The van der Waals surface area contributed by atoms with Gasteiger partial charge in [0, 0.05) is 32.0 Å². The van der Waals surface area contributed by atoms with Crippen LogP contribution < -0.4 is 4.90 Å². The molecule has 0 atom stereocenters. The lowest BCUT2D eigenvalue weighted by Crippen LogP contribution is -2.29. The maximum Gasteiger partial charge on any atom is 0.253 e. The van der Waals surface area contributed by atoms with Crippen LogP contribution in [0, 0.1) is 0 Å². The molecule has 0 unspecified atom stereocenters. The van der Waals surface area contributed by atoms with Crippen molar-refractivity contribution in [3.8, 4) is 0 Å². The highest BCUT2D eigenvalue weighted by Crippen LogP contribution is 2.23. The van der Waals surface area contributed by atoms with E-state index in [2.05, 4.69) is 0 Å². The molecule has 2 aromatic rings. The Morgan fingerprint density at radius 2 is 1.78 bits per heavy atom. The van der Waals surface area contributed by atoms with Crippen molar-refractivity contribution in [2.24, 2.45) is 0 Å². The minimum Gasteiger partial charge on any atom is -0.337 e. The Labute approximate surface area is 138 Å². The highest BCUT2D eigenvalue weighted by molar-refractivity contribution is 7.07. The fourth-order valence-electron chi connectivity index (χ4n) is 2.57. The van der Waals surface area contributed by atoms with Gasteiger partial charge in [0.15, 0.2) is 0 Å². The summed E-state index contributed by atoms with van der Waals surface area (Å²) in [5.41, 5.74) is 2.15. The van der Waals surface area contributed by atoms with Crippen molar-refractivity contribution in [3.05, 3.63) is 52.2 Å². The minimum absolute atomic E-state index is 0.0955. The van der Waals surface area contributed by atoms with Crippen LogP contribution in [0.4, 0.5) is 5.69 Å². The predicted molar refractivity (Wildman–Crippen MR) is 88.3 cm³/mol. The molecule has 1 aliphatic rings. The number of anilines is 1. The summed E-state index contributed by atoms with van der Waals surface area (Å²) in [6.07, 6.45) is 0.506. The van der Waals surface area contributed by atoms with Crippen molar-refractivity contribution >= 4 is 34.7 Å². The Hall–Kier alpha value is -2.47. The lowest BCUT2D eigenvalue weighted by atomic mass is 10.1. The monoisotopic (exact) mass is 328 g/mol. The van der Waals surface area contributed by atoms with Crippen molar-refractivity contribution in [2.45, 2.75) is 19.4 Å². The van der Waals surface area contributed by atoms with E-state index in [1.807, 2.05) is 16.8 Å². The topological polar surface area (TPSA) is 57.7 Å². The molecule has 0 N–H and O–H groups in total. The third-order valence-electron chi connectivity index (χ3n) is 3.77. The summed E-state index contributed by atoms with van der Waals surface area (Å²) in [4.78, 5) is 38.7. The molecule has 3 amide bonds. The van der Waals surface area contributed by atoms with E-state index in [0.29, 0.717) is 17.8 Å². The van der Waals surface area contributed by atoms with Crippen LogP contribution in [-0.4, -0.2) is 29.7 Å². The fourth-order valence-corrected chi connectivity index (χ4v) is 3.23. The SMILES string of the molecule is CN(Cc1ccsc1)C(=O)c1ccc(N2C(=O)CCC2=O)cc1. The second-order valence-electron chi connectivity index (χ2n) is 5.46. The molecule has 0 radical (unpaired) electrons. The molecule has 1 saturated heterocycles. The van der Waals surface area contributed by atoms with Gasteiger partial charge in [-0.2, -0.15) is 11.3 Å². The van der Waals surface area contributed by atoms with E-state index in [4.69, 9.17) is 0 Å². The molecule has 3 rings (SSSR count). The molecule has 0 aliphatic carbocycles. The van der Waals surface area contributed by atoms with Crippen molar-refractivity contribution in [1.29, 1.82) is 0 Å². The van der Waals surface area contributed by atoms with Crippen molar-refractivity contribution < 1.29 is 14.4 Å². The Morgan fingerprint density at radius 1 is 1.13 bits per heavy atom.